The first kappa shape index (κ1) is 15.9. The fraction of sp³-hybridized carbons (Fsp3) is 0.846. The number of piperazine rings is 1. The summed E-state index contributed by atoms with van der Waals surface area (Å²) in [5.41, 5.74) is -0.763. The van der Waals surface area contributed by atoms with Gasteiger partial charge in [-0.3, -0.25) is 9.59 Å². The molecule has 0 aliphatic carbocycles. The van der Waals surface area contributed by atoms with E-state index in [9.17, 15) is 9.59 Å². The summed E-state index contributed by atoms with van der Waals surface area (Å²) in [5.74, 6) is -0.147. The van der Waals surface area contributed by atoms with Crippen LogP contribution in [0.5, 0.6) is 0 Å². The molecule has 110 valence electrons. The van der Waals surface area contributed by atoms with Gasteiger partial charge in [0.1, 0.15) is 5.54 Å². The summed E-state index contributed by atoms with van der Waals surface area (Å²) in [5, 5.41) is 2.83. The Balaban J connectivity index is 2.82. The van der Waals surface area contributed by atoms with Crippen LogP contribution < -0.4 is 5.32 Å². The highest BCUT2D eigenvalue weighted by Crippen LogP contribution is 2.22. The zero-order valence-corrected chi connectivity index (χ0v) is 12.2. The van der Waals surface area contributed by atoms with Crippen molar-refractivity contribution in [1.29, 1.82) is 0 Å². The molecule has 1 atom stereocenters. The molecule has 6 nitrogen and oxygen atoms in total. The summed E-state index contributed by atoms with van der Waals surface area (Å²) in [7, 11) is 3.16. The molecule has 1 N–H and O–H groups in total. The van der Waals surface area contributed by atoms with E-state index in [0.717, 1.165) is 0 Å². The first-order chi connectivity index (χ1) is 9.02. The quantitative estimate of drug-likeness (QED) is 0.717. The second-order valence-electron chi connectivity index (χ2n) is 4.84. The molecule has 1 rings (SSSR count). The molecule has 19 heavy (non-hydrogen) atoms. The Bertz CT molecular complexity index is 329. The predicted octanol–water partition coefficient (Wildman–Crippen LogP) is 0.165. The van der Waals surface area contributed by atoms with Crippen molar-refractivity contribution in [3.63, 3.8) is 0 Å². The summed E-state index contributed by atoms with van der Waals surface area (Å²) in [4.78, 5) is 25.9. The van der Waals surface area contributed by atoms with Crippen LogP contribution in [0, 0.1) is 0 Å². The third-order valence-electron chi connectivity index (χ3n) is 3.73. The molecule has 1 unspecified atom stereocenters. The maximum atomic E-state index is 12.5. The number of carbonyl (C=O) groups is 2. The molecule has 1 saturated heterocycles. The molecule has 6 heteroatoms. The van der Waals surface area contributed by atoms with E-state index in [1.165, 1.54) is 0 Å². The molecule has 0 aromatic carbocycles. The van der Waals surface area contributed by atoms with Gasteiger partial charge in [0.2, 0.25) is 11.8 Å². The summed E-state index contributed by atoms with van der Waals surface area (Å²) in [6.45, 7) is 4.68. The van der Waals surface area contributed by atoms with Crippen molar-refractivity contribution >= 4 is 11.8 Å². The zero-order valence-electron chi connectivity index (χ0n) is 12.2. The van der Waals surface area contributed by atoms with Crippen molar-refractivity contribution in [1.82, 2.24) is 10.2 Å². The first-order valence-electron chi connectivity index (χ1n) is 6.65. The minimum absolute atomic E-state index is 0.0322. The second kappa shape index (κ2) is 6.86. The Hall–Kier alpha value is -1.14. The van der Waals surface area contributed by atoms with E-state index in [0.29, 0.717) is 26.0 Å². The molecule has 1 aliphatic heterocycles. The topological polar surface area (TPSA) is 67.9 Å². The van der Waals surface area contributed by atoms with Gasteiger partial charge in [-0.05, 0) is 12.8 Å². The van der Waals surface area contributed by atoms with Crippen LogP contribution in [0.1, 0.15) is 26.7 Å². The van der Waals surface area contributed by atoms with E-state index >= 15 is 0 Å². The van der Waals surface area contributed by atoms with Gasteiger partial charge >= 0.3 is 0 Å². The molecule has 0 saturated carbocycles. The molecule has 0 radical (unpaired) electrons. The Morgan fingerprint density at radius 1 is 1.32 bits per heavy atom. The monoisotopic (exact) mass is 272 g/mol. The summed E-state index contributed by atoms with van der Waals surface area (Å²) < 4.78 is 10.3. The van der Waals surface area contributed by atoms with Crippen LogP contribution in [0.2, 0.25) is 0 Å². The third kappa shape index (κ3) is 3.45. The van der Waals surface area contributed by atoms with Crippen molar-refractivity contribution in [2.45, 2.75) is 38.3 Å². The van der Waals surface area contributed by atoms with Gasteiger partial charge in [-0.2, -0.15) is 0 Å². The van der Waals surface area contributed by atoms with E-state index in [1.807, 2.05) is 13.8 Å². The molecule has 0 spiro atoms. The second-order valence-corrected chi connectivity index (χ2v) is 4.84. The van der Waals surface area contributed by atoms with Crippen molar-refractivity contribution in [3.05, 3.63) is 0 Å². The van der Waals surface area contributed by atoms with E-state index in [1.54, 1.807) is 19.1 Å². The Morgan fingerprint density at radius 2 is 1.95 bits per heavy atom. The van der Waals surface area contributed by atoms with Gasteiger partial charge < -0.3 is 19.7 Å². The molecule has 0 bridgehead atoms. The number of hydrogen-bond donors (Lipinski definition) is 1. The summed E-state index contributed by atoms with van der Waals surface area (Å²) in [6.07, 6.45) is 0.963. The van der Waals surface area contributed by atoms with Gasteiger partial charge in [0.05, 0.1) is 19.3 Å². The van der Waals surface area contributed by atoms with Gasteiger partial charge in [-0.25, -0.2) is 0 Å². The van der Waals surface area contributed by atoms with E-state index in [4.69, 9.17) is 9.47 Å². The molecule has 1 heterocycles. The Kier molecular flexibility index (Phi) is 5.75. The maximum absolute atomic E-state index is 12.5. The van der Waals surface area contributed by atoms with Gasteiger partial charge in [0, 0.05) is 20.8 Å². The van der Waals surface area contributed by atoms with Crippen molar-refractivity contribution in [2.75, 3.05) is 33.9 Å². The third-order valence-corrected chi connectivity index (χ3v) is 3.73. The highest BCUT2D eigenvalue weighted by atomic mass is 16.5. The minimum atomic E-state index is -0.763. The molecule has 0 aromatic rings. The average Bonchev–Trinajstić information content (AvgIpc) is 2.41. The lowest BCUT2D eigenvalue weighted by molar-refractivity contribution is -0.152. The molecule has 1 fully saturated rings. The van der Waals surface area contributed by atoms with Crippen LogP contribution >= 0.6 is 0 Å². The lowest BCUT2D eigenvalue weighted by Gasteiger charge is -2.42. The number of rotatable bonds is 7. The maximum Gasteiger partial charge on any atom is 0.248 e. The first-order valence-corrected chi connectivity index (χ1v) is 6.65. The average molecular weight is 272 g/mol. The van der Waals surface area contributed by atoms with Crippen LogP contribution in [0.4, 0.5) is 0 Å². The summed E-state index contributed by atoms with van der Waals surface area (Å²) in [6, 6.07) is 0. The van der Waals surface area contributed by atoms with Crippen LogP contribution in [0.3, 0.4) is 0 Å². The number of nitrogens with one attached hydrogen (secondary N) is 1. The lowest BCUT2D eigenvalue weighted by atomic mass is 9.89. The van der Waals surface area contributed by atoms with Crippen LogP contribution in [-0.2, 0) is 19.1 Å². The number of ether oxygens (including phenoxy) is 2. The summed E-state index contributed by atoms with van der Waals surface area (Å²) >= 11 is 0. The number of carbonyl (C=O) groups excluding carboxylic acids is 2. The normalized spacial score (nSPS) is 20.3. The fourth-order valence-electron chi connectivity index (χ4n) is 2.41. The van der Waals surface area contributed by atoms with Gasteiger partial charge in [0.15, 0.2) is 0 Å². The van der Waals surface area contributed by atoms with E-state index in [-0.39, 0.29) is 24.5 Å². The molecular weight excluding hydrogens is 248 g/mol. The number of methoxy groups -OCH3 is 2. The molecule has 1 aliphatic rings. The Labute approximate surface area is 114 Å². The van der Waals surface area contributed by atoms with Crippen molar-refractivity contribution < 1.29 is 19.1 Å². The van der Waals surface area contributed by atoms with Gasteiger partial charge in [0.25, 0.3) is 0 Å². The fourth-order valence-corrected chi connectivity index (χ4v) is 2.41. The smallest absolute Gasteiger partial charge is 0.248 e. The zero-order chi connectivity index (χ0) is 14.5. The van der Waals surface area contributed by atoms with Gasteiger partial charge in [-0.1, -0.05) is 13.8 Å². The van der Waals surface area contributed by atoms with Crippen LogP contribution in [0.15, 0.2) is 0 Å². The van der Waals surface area contributed by atoms with Crippen molar-refractivity contribution in [2.24, 2.45) is 0 Å². The SMILES string of the molecule is CCC1(CC)NC(=O)CN(CC(COC)OC)C1=O. The standard InChI is InChI=1S/C13H24N2O4/c1-5-13(6-2)12(17)15(8-11(16)14-13)7-10(19-4)9-18-3/h10H,5-9H2,1-4H3,(H,14,16). The molecule has 2 amide bonds. The number of hydrogen-bond acceptors (Lipinski definition) is 4. The highest BCUT2D eigenvalue weighted by Gasteiger charge is 2.44. The van der Waals surface area contributed by atoms with Crippen LogP contribution in [-0.4, -0.2) is 62.3 Å². The van der Waals surface area contributed by atoms with Crippen molar-refractivity contribution in [3.8, 4) is 0 Å². The van der Waals surface area contributed by atoms with E-state index < -0.39 is 5.54 Å². The lowest BCUT2D eigenvalue weighted by Crippen LogP contribution is -2.67. The number of amides is 2. The van der Waals surface area contributed by atoms with E-state index in [2.05, 4.69) is 5.32 Å². The predicted molar refractivity (Wildman–Crippen MR) is 70.7 cm³/mol. The largest absolute Gasteiger partial charge is 0.382 e. The Morgan fingerprint density at radius 3 is 2.42 bits per heavy atom. The molecular formula is C13H24N2O4. The highest BCUT2D eigenvalue weighted by molar-refractivity contribution is 5.97. The minimum Gasteiger partial charge on any atom is -0.382 e. The number of nitrogens with zero attached hydrogens (tertiary/aromatic N) is 1. The van der Waals surface area contributed by atoms with Crippen LogP contribution in [0.25, 0.3) is 0 Å². The van der Waals surface area contributed by atoms with Gasteiger partial charge in [-0.15, -0.1) is 0 Å². The molecule has 0 aromatic heterocycles.